The normalized spacial score (nSPS) is 14.2. The van der Waals surface area contributed by atoms with E-state index in [2.05, 4.69) is 15.9 Å². The standard InChI is InChI=1S/C7H9BrNO3P/c8-6-3-1-5(2-4-6)7(9)13(10,11)12/h1-4,7H,9H2,(H2,10,11,12). The van der Waals surface area contributed by atoms with Gasteiger partial charge in [-0.25, -0.2) is 0 Å². The summed E-state index contributed by atoms with van der Waals surface area (Å²) in [6.45, 7) is 0. The summed E-state index contributed by atoms with van der Waals surface area (Å²) in [6.07, 6.45) is 0. The molecule has 1 aromatic rings. The second-order valence-electron chi connectivity index (χ2n) is 2.59. The smallest absolute Gasteiger partial charge is 0.323 e. The SMILES string of the molecule is NC(c1ccc(Br)cc1)P(=O)(O)O. The number of rotatable bonds is 2. The Morgan fingerprint density at radius 2 is 1.77 bits per heavy atom. The van der Waals surface area contributed by atoms with Crippen LogP contribution in [0.4, 0.5) is 0 Å². The molecule has 0 radical (unpaired) electrons. The third-order valence-corrected chi connectivity index (χ3v) is 3.13. The Labute approximate surface area is 84.1 Å². The highest BCUT2D eigenvalue weighted by Crippen LogP contribution is 2.47. The van der Waals surface area contributed by atoms with Crippen LogP contribution < -0.4 is 5.73 Å². The van der Waals surface area contributed by atoms with Gasteiger partial charge in [0.1, 0.15) is 5.78 Å². The van der Waals surface area contributed by atoms with Gasteiger partial charge in [-0.1, -0.05) is 28.1 Å². The summed E-state index contributed by atoms with van der Waals surface area (Å²) < 4.78 is 11.6. The van der Waals surface area contributed by atoms with Gasteiger partial charge in [-0.05, 0) is 17.7 Å². The molecule has 4 nitrogen and oxygen atoms in total. The van der Waals surface area contributed by atoms with Crippen molar-refractivity contribution >= 4 is 23.5 Å². The fourth-order valence-electron chi connectivity index (χ4n) is 0.854. The molecule has 1 rings (SSSR count). The van der Waals surface area contributed by atoms with Crippen molar-refractivity contribution in [3.63, 3.8) is 0 Å². The summed E-state index contributed by atoms with van der Waals surface area (Å²) in [5.41, 5.74) is 5.77. The van der Waals surface area contributed by atoms with Gasteiger partial charge in [0.25, 0.3) is 0 Å². The van der Waals surface area contributed by atoms with E-state index in [0.29, 0.717) is 5.56 Å². The summed E-state index contributed by atoms with van der Waals surface area (Å²) in [5.74, 6) is -1.24. The second kappa shape index (κ2) is 3.90. The molecule has 0 bridgehead atoms. The highest BCUT2D eigenvalue weighted by Gasteiger charge is 2.25. The van der Waals surface area contributed by atoms with Crippen molar-refractivity contribution in [2.75, 3.05) is 0 Å². The highest BCUT2D eigenvalue weighted by atomic mass is 79.9. The molecular weight excluding hydrogens is 257 g/mol. The van der Waals surface area contributed by atoms with Crippen molar-refractivity contribution in [2.45, 2.75) is 5.78 Å². The third kappa shape index (κ3) is 2.90. The molecular formula is C7H9BrNO3P. The maximum atomic E-state index is 10.8. The van der Waals surface area contributed by atoms with Gasteiger partial charge in [0.15, 0.2) is 0 Å². The van der Waals surface area contributed by atoms with Crippen LogP contribution in [0.5, 0.6) is 0 Å². The lowest BCUT2D eigenvalue weighted by Crippen LogP contribution is -2.10. The van der Waals surface area contributed by atoms with E-state index in [1.54, 1.807) is 24.3 Å². The molecule has 0 aliphatic rings. The zero-order valence-electron chi connectivity index (χ0n) is 6.59. The Balaban J connectivity index is 2.97. The van der Waals surface area contributed by atoms with E-state index in [1.807, 2.05) is 0 Å². The van der Waals surface area contributed by atoms with Crippen LogP contribution >= 0.6 is 23.5 Å². The van der Waals surface area contributed by atoms with Gasteiger partial charge >= 0.3 is 7.60 Å². The van der Waals surface area contributed by atoms with E-state index in [9.17, 15) is 4.57 Å². The van der Waals surface area contributed by atoms with E-state index < -0.39 is 13.4 Å². The van der Waals surface area contributed by atoms with Gasteiger partial charge in [0.2, 0.25) is 0 Å². The molecule has 0 aliphatic heterocycles. The third-order valence-electron chi connectivity index (χ3n) is 1.57. The minimum absolute atomic E-state index is 0.427. The molecule has 1 atom stereocenters. The van der Waals surface area contributed by atoms with Gasteiger partial charge in [-0.2, -0.15) is 0 Å². The monoisotopic (exact) mass is 265 g/mol. The minimum Gasteiger partial charge on any atom is -0.323 e. The number of hydrogen-bond acceptors (Lipinski definition) is 2. The fraction of sp³-hybridized carbons (Fsp3) is 0.143. The molecule has 0 amide bonds. The Bertz CT molecular complexity index is 334. The van der Waals surface area contributed by atoms with Crippen molar-refractivity contribution < 1.29 is 14.4 Å². The first-order chi connectivity index (χ1) is 5.91. The Morgan fingerprint density at radius 1 is 1.31 bits per heavy atom. The predicted molar refractivity (Wildman–Crippen MR) is 53.1 cm³/mol. The average Bonchev–Trinajstić information content (AvgIpc) is 2.03. The molecule has 0 heterocycles. The average molecular weight is 266 g/mol. The summed E-state index contributed by atoms with van der Waals surface area (Å²) in [5, 5.41) is 0. The van der Waals surface area contributed by atoms with Crippen LogP contribution in [0, 0.1) is 0 Å². The molecule has 13 heavy (non-hydrogen) atoms. The summed E-state index contributed by atoms with van der Waals surface area (Å²) in [7, 11) is -4.23. The first kappa shape index (κ1) is 10.9. The first-order valence-corrected chi connectivity index (χ1v) is 5.95. The van der Waals surface area contributed by atoms with Crippen molar-refractivity contribution in [2.24, 2.45) is 5.73 Å². The van der Waals surface area contributed by atoms with Crippen LogP contribution in [0.15, 0.2) is 28.7 Å². The molecule has 0 saturated carbocycles. The lowest BCUT2D eigenvalue weighted by molar-refractivity contribution is 0.359. The number of nitrogens with two attached hydrogens (primary N) is 1. The van der Waals surface area contributed by atoms with E-state index in [0.717, 1.165) is 4.47 Å². The largest absolute Gasteiger partial charge is 0.346 e. The lowest BCUT2D eigenvalue weighted by Gasteiger charge is -2.13. The molecule has 0 aromatic heterocycles. The predicted octanol–water partition coefficient (Wildman–Crippen LogP) is 1.58. The fourth-order valence-corrected chi connectivity index (χ4v) is 1.68. The molecule has 0 spiro atoms. The highest BCUT2D eigenvalue weighted by molar-refractivity contribution is 9.10. The molecule has 72 valence electrons. The van der Waals surface area contributed by atoms with Crippen LogP contribution in [0.1, 0.15) is 11.3 Å². The molecule has 1 aromatic carbocycles. The maximum absolute atomic E-state index is 10.8. The van der Waals surface area contributed by atoms with Crippen molar-refractivity contribution in [3.8, 4) is 0 Å². The van der Waals surface area contributed by atoms with Gasteiger partial charge in [0, 0.05) is 4.47 Å². The van der Waals surface area contributed by atoms with Crippen molar-refractivity contribution in [3.05, 3.63) is 34.3 Å². The summed E-state index contributed by atoms with van der Waals surface area (Å²) in [6, 6.07) is 6.53. The minimum atomic E-state index is -4.23. The van der Waals surface area contributed by atoms with Gasteiger partial charge in [-0.15, -0.1) is 0 Å². The van der Waals surface area contributed by atoms with Crippen LogP contribution in [-0.2, 0) is 4.57 Å². The molecule has 0 saturated heterocycles. The summed E-state index contributed by atoms with van der Waals surface area (Å²) >= 11 is 3.21. The first-order valence-electron chi connectivity index (χ1n) is 3.47. The number of hydrogen-bond donors (Lipinski definition) is 3. The molecule has 0 aliphatic carbocycles. The van der Waals surface area contributed by atoms with Gasteiger partial charge < -0.3 is 15.5 Å². The van der Waals surface area contributed by atoms with Crippen LogP contribution in [0.25, 0.3) is 0 Å². The Kier molecular flexibility index (Phi) is 3.27. The molecule has 1 unspecified atom stereocenters. The number of benzene rings is 1. The number of halogens is 1. The van der Waals surface area contributed by atoms with Gasteiger partial charge in [0.05, 0.1) is 0 Å². The van der Waals surface area contributed by atoms with Gasteiger partial charge in [-0.3, -0.25) is 4.57 Å². The van der Waals surface area contributed by atoms with E-state index >= 15 is 0 Å². The quantitative estimate of drug-likeness (QED) is 0.709. The van der Waals surface area contributed by atoms with E-state index in [1.165, 1.54) is 0 Å². The van der Waals surface area contributed by atoms with Crippen molar-refractivity contribution in [1.29, 1.82) is 0 Å². The molecule has 0 fully saturated rings. The zero-order valence-corrected chi connectivity index (χ0v) is 9.07. The lowest BCUT2D eigenvalue weighted by atomic mass is 10.2. The summed E-state index contributed by atoms with van der Waals surface area (Å²) in [4.78, 5) is 17.6. The molecule has 6 heteroatoms. The Hall–Kier alpha value is -0.190. The second-order valence-corrected chi connectivity index (χ2v) is 5.24. The van der Waals surface area contributed by atoms with Crippen LogP contribution in [0.3, 0.4) is 0 Å². The van der Waals surface area contributed by atoms with Crippen molar-refractivity contribution in [1.82, 2.24) is 0 Å². The van der Waals surface area contributed by atoms with E-state index in [4.69, 9.17) is 15.5 Å². The van der Waals surface area contributed by atoms with Crippen LogP contribution in [-0.4, -0.2) is 9.79 Å². The van der Waals surface area contributed by atoms with Crippen LogP contribution in [0.2, 0.25) is 0 Å². The molecule has 4 N–H and O–H groups in total. The topological polar surface area (TPSA) is 83.6 Å². The maximum Gasteiger partial charge on any atom is 0.346 e. The zero-order chi connectivity index (χ0) is 10.1. The Morgan fingerprint density at radius 3 is 2.15 bits per heavy atom. The van der Waals surface area contributed by atoms with E-state index in [-0.39, 0.29) is 0 Å².